The zero-order valence-corrected chi connectivity index (χ0v) is 23.7. The second-order valence-electron chi connectivity index (χ2n) is 12.9. The van der Waals surface area contributed by atoms with Gasteiger partial charge < -0.3 is 24.0 Å². The minimum atomic E-state index is 0.238. The third-order valence-electron chi connectivity index (χ3n) is 10.3. The first-order valence-corrected chi connectivity index (χ1v) is 14.3. The number of hydrogen-bond acceptors (Lipinski definition) is 7. The van der Waals surface area contributed by atoms with Crippen LogP contribution in [0.3, 0.4) is 0 Å². The van der Waals surface area contributed by atoms with Crippen LogP contribution < -0.4 is 0 Å². The van der Waals surface area contributed by atoms with Gasteiger partial charge in [-0.1, -0.05) is 27.7 Å². The summed E-state index contributed by atoms with van der Waals surface area (Å²) < 4.78 is 17.9. The van der Waals surface area contributed by atoms with Gasteiger partial charge in [-0.2, -0.15) is 0 Å². The van der Waals surface area contributed by atoms with Crippen molar-refractivity contribution in [3.63, 3.8) is 0 Å². The van der Waals surface area contributed by atoms with Crippen LogP contribution in [-0.4, -0.2) is 87.2 Å². The highest BCUT2D eigenvalue weighted by Gasteiger charge is 2.66. The lowest BCUT2D eigenvalue weighted by Crippen LogP contribution is -2.33. The quantitative estimate of drug-likeness (QED) is 0.521. The summed E-state index contributed by atoms with van der Waals surface area (Å²) in [5, 5.41) is 0. The topological polar surface area (TPSA) is 68.3 Å². The normalized spacial score (nSPS) is 36.9. The molecular weight excluding hydrogens is 468 g/mol. The maximum atomic E-state index is 12.8. The molecule has 0 amide bonds. The summed E-state index contributed by atoms with van der Waals surface area (Å²) in [5.74, 6) is 2.44. The Morgan fingerprint density at radius 2 is 0.946 bits per heavy atom. The number of nitrogens with zero attached hydrogens (tertiary/aromatic N) is 2. The summed E-state index contributed by atoms with van der Waals surface area (Å²) in [6.07, 6.45) is 1.38. The highest BCUT2D eigenvalue weighted by Crippen LogP contribution is 2.69. The van der Waals surface area contributed by atoms with Crippen LogP contribution in [0.15, 0.2) is 22.5 Å². The first-order valence-electron chi connectivity index (χ1n) is 14.3. The summed E-state index contributed by atoms with van der Waals surface area (Å²) in [6.45, 7) is 19.7. The van der Waals surface area contributed by atoms with Gasteiger partial charge in [-0.3, -0.25) is 9.59 Å². The largest absolute Gasteiger partial charge is 0.378 e. The molecule has 4 aliphatic carbocycles. The summed E-state index contributed by atoms with van der Waals surface area (Å²) in [6, 6.07) is 0. The van der Waals surface area contributed by atoms with Crippen molar-refractivity contribution in [2.45, 2.75) is 54.4 Å². The third kappa shape index (κ3) is 4.92. The lowest BCUT2D eigenvalue weighted by Gasteiger charge is -2.29. The fourth-order valence-corrected chi connectivity index (χ4v) is 7.57. The smallest absolute Gasteiger partial charge is 0.161 e. The van der Waals surface area contributed by atoms with Crippen LogP contribution in [0.1, 0.15) is 54.4 Å². The number of hydrogen-bond donors (Lipinski definition) is 0. The molecule has 0 aromatic rings. The molecule has 0 aromatic carbocycles. The highest BCUT2D eigenvalue weighted by atomic mass is 16.5. The Kier molecular flexibility index (Phi) is 7.36. The van der Waals surface area contributed by atoms with E-state index in [1.165, 1.54) is 0 Å². The van der Waals surface area contributed by atoms with Crippen molar-refractivity contribution in [2.75, 3.05) is 65.8 Å². The van der Waals surface area contributed by atoms with Crippen molar-refractivity contribution >= 4 is 11.6 Å². The zero-order valence-electron chi connectivity index (χ0n) is 23.7. The van der Waals surface area contributed by atoms with E-state index in [4.69, 9.17) is 14.2 Å². The summed E-state index contributed by atoms with van der Waals surface area (Å²) in [5.41, 5.74) is 4.74. The van der Waals surface area contributed by atoms with E-state index < -0.39 is 0 Å². The molecule has 1 aliphatic heterocycles. The van der Waals surface area contributed by atoms with Crippen molar-refractivity contribution in [2.24, 2.45) is 34.5 Å². The molecule has 0 bridgehead atoms. The lowest BCUT2D eigenvalue weighted by molar-refractivity contribution is -0.116. The zero-order chi connectivity index (χ0) is 26.5. The molecule has 5 rings (SSSR count). The Morgan fingerprint density at radius 1 is 0.622 bits per heavy atom. The number of ketones is 2. The molecule has 0 spiro atoms. The van der Waals surface area contributed by atoms with E-state index in [1.807, 2.05) is 0 Å². The fraction of sp³-hybridized carbons (Fsp3) is 0.800. The van der Waals surface area contributed by atoms with E-state index in [1.54, 1.807) is 0 Å². The molecule has 0 radical (unpaired) electrons. The molecule has 4 atom stereocenters. The van der Waals surface area contributed by atoms with E-state index in [0.717, 1.165) is 48.7 Å². The van der Waals surface area contributed by atoms with Gasteiger partial charge >= 0.3 is 0 Å². The van der Waals surface area contributed by atoms with Gasteiger partial charge in [-0.05, 0) is 48.3 Å². The first kappa shape index (κ1) is 26.9. The minimum Gasteiger partial charge on any atom is -0.378 e. The SMILES string of the molecule is CC(=C1C(=O)C[C@@H]2[C@H]1C2(C)C)N1CCOCCOCCN(/C(C)=C2\C(=O)C[C@@H]3[C@H]2C3(C)C)CCOCC1. The highest BCUT2D eigenvalue weighted by molar-refractivity contribution is 6.01. The van der Waals surface area contributed by atoms with E-state index in [-0.39, 0.29) is 10.8 Å². The number of ether oxygens (including phenoxy) is 3. The second kappa shape index (κ2) is 10.1. The van der Waals surface area contributed by atoms with Gasteiger partial charge in [0.2, 0.25) is 0 Å². The fourth-order valence-electron chi connectivity index (χ4n) is 7.57. The second-order valence-corrected chi connectivity index (χ2v) is 12.9. The maximum Gasteiger partial charge on any atom is 0.161 e. The first-order chi connectivity index (χ1) is 17.6. The van der Waals surface area contributed by atoms with Gasteiger partial charge in [0.15, 0.2) is 11.6 Å². The predicted molar refractivity (Wildman–Crippen MR) is 142 cm³/mol. The Hall–Kier alpha value is -1.70. The molecule has 5 aliphatic rings. The van der Waals surface area contributed by atoms with E-state index in [9.17, 15) is 9.59 Å². The van der Waals surface area contributed by atoms with Crippen molar-refractivity contribution in [3.05, 3.63) is 22.5 Å². The van der Waals surface area contributed by atoms with Gasteiger partial charge in [0.05, 0.1) is 39.6 Å². The van der Waals surface area contributed by atoms with E-state index in [0.29, 0.717) is 87.7 Å². The number of fused-ring (bicyclic) bond motifs is 2. The maximum absolute atomic E-state index is 12.8. The monoisotopic (exact) mass is 514 g/mol. The van der Waals surface area contributed by atoms with Crippen LogP contribution in [0.5, 0.6) is 0 Å². The molecule has 37 heavy (non-hydrogen) atoms. The standard InChI is InChI=1S/C30H46N2O5/c1-19(25-23(33)17-21-27(25)29(21,3)4)31-7-11-35-12-8-32(10-14-37-16-15-36-13-9-31)20(2)26-24(34)18-22-28(26)30(22,5)6/h21-22,27-28H,7-18H2,1-6H3/b25-19+,26-20?/t21-,22-,27-,28-/m1/s1. The van der Waals surface area contributed by atoms with Gasteiger partial charge in [0.25, 0.3) is 0 Å². The average Bonchev–Trinajstić information content (AvgIpc) is 3.34. The molecule has 0 unspecified atom stereocenters. The average molecular weight is 515 g/mol. The van der Waals surface area contributed by atoms with Gasteiger partial charge in [-0.25, -0.2) is 0 Å². The van der Waals surface area contributed by atoms with Crippen LogP contribution >= 0.6 is 0 Å². The molecule has 0 N–H and O–H groups in total. The summed E-state index contributed by atoms with van der Waals surface area (Å²) in [7, 11) is 0. The number of carbonyl (C=O) groups excluding carboxylic acids is 2. The van der Waals surface area contributed by atoms with Crippen LogP contribution in [0.4, 0.5) is 0 Å². The third-order valence-corrected chi connectivity index (χ3v) is 10.3. The molecule has 206 valence electrons. The summed E-state index contributed by atoms with van der Waals surface area (Å²) in [4.78, 5) is 30.1. The molecule has 4 saturated carbocycles. The van der Waals surface area contributed by atoms with E-state index in [2.05, 4.69) is 51.3 Å². The molecule has 1 saturated heterocycles. The Balaban J connectivity index is 1.25. The van der Waals surface area contributed by atoms with Gasteiger partial charge in [0, 0.05) is 61.6 Å². The Morgan fingerprint density at radius 3 is 1.27 bits per heavy atom. The Bertz CT molecular complexity index is 918. The lowest BCUT2D eigenvalue weighted by atomic mass is 9.95. The molecule has 7 heteroatoms. The molecule has 1 heterocycles. The van der Waals surface area contributed by atoms with Gasteiger partial charge in [-0.15, -0.1) is 0 Å². The van der Waals surface area contributed by atoms with Gasteiger partial charge in [0.1, 0.15) is 0 Å². The number of rotatable bonds is 2. The van der Waals surface area contributed by atoms with Crippen LogP contribution in [0.25, 0.3) is 0 Å². The van der Waals surface area contributed by atoms with Crippen molar-refractivity contribution < 1.29 is 23.8 Å². The summed E-state index contributed by atoms with van der Waals surface area (Å²) >= 11 is 0. The Labute approximate surface area is 222 Å². The number of carbonyl (C=O) groups is 2. The molecule has 5 fully saturated rings. The molecule has 0 aromatic heterocycles. The van der Waals surface area contributed by atoms with Crippen molar-refractivity contribution in [1.29, 1.82) is 0 Å². The number of allylic oxidation sites excluding steroid dienone is 4. The molecule has 7 nitrogen and oxygen atoms in total. The van der Waals surface area contributed by atoms with E-state index >= 15 is 0 Å². The predicted octanol–water partition coefficient (Wildman–Crippen LogP) is 3.69. The van der Waals surface area contributed by atoms with Crippen molar-refractivity contribution in [1.82, 2.24) is 9.80 Å². The van der Waals surface area contributed by atoms with Crippen molar-refractivity contribution in [3.8, 4) is 0 Å². The van der Waals surface area contributed by atoms with Crippen LogP contribution in [0.2, 0.25) is 0 Å². The molecular formula is C30H46N2O5. The van der Waals surface area contributed by atoms with Crippen LogP contribution in [-0.2, 0) is 23.8 Å². The number of Topliss-reactive ketones (excluding diaryl/α,β-unsaturated/α-hetero) is 2. The minimum absolute atomic E-state index is 0.238. The van der Waals surface area contributed by atoms with Crippen LogP contribution in [0, 0.1) is 34.5 Å².